The van der Waals surface area contributed by atoms with Crippen LogP contribution in [-0.2, 0) is 17.9 Å². The van der Waals surface area contributed by atoms with E-state index in [1.54, 1.807) is 0 Å². The smallest absolute Gasteiger partial charge is 0.127 e. The standard InChI is InChI=1S/C22H23NO2/c1-2-24-23(17-19-10-5-3-6-11-19)18-20-12-9-15-22(16-20)25-21-13-7-4-8-14-21/h3-16H,2,17-18H2,1H3. The van der Waals surface area contributed by atoms with Crippen LogP contribution in [0.3, 0.4) is 0 Å². The molecule has 3 aromatic rings. The molecule has 0 bridgehead atoms. The molecule has 128 valence electrons. The Morgan fingerprint density at radius 2 is 1.28 bits per heavy atom. The highest BCUT2D eigenvalue weighted by atomic mass is 16.7. The van der Waals surface area contributed by atoms with Gasteiger partial charge in [0, 0.05) is 13.1 Å². The highest BCUT2D eigenvalue weighted by Gasteiger charge is 2.08. The zero-order chi connectivity index (χ0) is 17.3. The van der Waals surface area contributed by atoms with E-state index >= 15 is 0 Å². The third kappa shape index (κ3) is 5.45. The van der Waals surface area contributed by atoms with Gasteiger partial charge in [0.15, 0.2) is 0 Å². The summed E-state index contributed by atoms with van der Waals surface area (Å²) >= 11 is 0. The first kappa shape index (κ1) is 17.2. The number of nitrogens with zero attached hydrogens (tertiary/aromatic N) is 1. The summed E-state index contributed by atoms with van der Waals surface area (Å²) in [5.74, 6) is 1.67. The van der Waals surface area contributed by atoms with Gasteiger partial charge in [-0.3, -0.25) is 4.84 Å². The molecule has 3 heteroatoms. The van der Waals surface area contributed by atoms with Crippen LogP contribution >= 0.6 is 0 Å². The topological polar surface area (TPSA) is 21.7 Å². The van der Waals surface area contributed by atoms with Crippen LogP contribution in [-0.4, -0.2) is 11.7 Å². The third-order valence-corrected chi connectivity index (χ3v) is 3.75. The zero-order valence-corrected chi connectivity index (χ0v) is 14.5. The van der Waals surface area contributed by atoms with Crippen molar-refractivity contribution in [3.8, 4) is 11.5 Å². The molecule has 0 amide bonds. The van der Waals surface area contributed by atoms with Crippen molar-refractivity contribution in [1.82, 2.24) is 5.06 Å². The van der Waals surface area contributed by atoms with E-state index in [4.69, 9.17) is 9.57 Å². The molecule has 0 N–H and O–H groups in total. The minimum absolute atomic E-state index is 0.646. The lowest BCUT2D eigenvalue weighted by molar-refractivity contribution is -0.169. The van der Waals surface area contributed by atoms with E-state index in [1.165, 1.54) is 5.56 Å². The van der Waals surface area contributed by atoms with Crippen molar-refractivity contribution in [1.29, 1.82) is 0 Å². The number of benzene rings is 3. The SMILES string of the molecule is CCON(Cc1ccccc1)Cc1cccc(Oc2ccccc2)c1. The largest absolute Gasteiger partial charge is 0.457 e. The number of hydrogen-bond acceptors (Lipinski definition) is 3. The molecule has 3 nitrogen and oxygen atoms in total. The molecule has 0 aliphatic carbocycles. The summed E-state index contributed by atoms with van der Waals surface area (Å²) in [7, 11) is 0. The van der Waals surface area contributed by atoms with Crippen LogP contribution in [0.2, 0.25) is 0 Å². The minimum Gasteiger partial charge on any atom is -0.457 e. The van der Waals surface area contributed by atoms with Gasteiger partial charge in [-0.2, -0.15) is 5.06 Å². The Balaban J connectivity index is 1.68. The molecule has 0 saturated heterocycles. The van der Waals surface area contributed by atoms with Gasteiger partial charge in [0.2, 0.25) is 0 Å². The molecular formula is C22H23NO2. The number of para-hydroxylation sites is 1. The fourth-order valence-electron chi connectivity index (χ4n) is 2.65. The van der Waals surface area contributed by atoms with Gasteiger partial charge >= 0.3 is 0 Å². The van der Waals surface area contributed by atoms with Crippen molar-refractivity contribution >= 4 is 0 Å². The van der Waals surface area contributed by atoms with Crippen molar-refractivity contribution in [3.63, 3.8) is 0 Å². The van der Waals surface area contributed by atoms with E-state index < -0.39 is 0 Å². The second kappa shape index (κ2) is 9.02. The fraction of sp³-hybridized carbons (Fsp3) is 0.182. The van der Waals surface area contributed by atoms with Crippen LogP contribution in [0.4, 0.5) is 0 Å². The monoisotopic (exact) mass is 333 g/mol. The normalized spacial score (nSPS) is 10.8. The van der Waals surface area contributed by atoms with Gasteiger partial charge in [-0.1, -0.05) is 60.7 Å². The molecule has 3 aromatic carbocycles. The predicted octanol–water partition coefficient (Wildman–Crippen LogP) is 5.43. The van der Waals surface area contributed by atoms with Gasteiger partial charge in [-0.25, -0.2) is 0 Å². The lowest BCUT2D eigenvalue weighted by Crippen LogP contribution is -2.23. The molecule has 0 aliphatic heterocycles. The Labute approximate surface area is 149 Å². The molecule has 0 spiro atoms. The first-order chi connectivity index (χ1) is 12.3. The Bertz CT molecular complexity index is 759. The zero-order valence-electron chi connectivity index (χ0n) is 14.5. The third-order valence-electron chi connectivity index (χ3n) is 3.75. The van der Waals surface area contributed by atoms with E-state index in [1.807, 2.05) is 72.7 Å². The number of hydrogen-bond donors (Lipinski definition) is 0. The maximum atomic E-state index is 5.92. The van der Waals surface area contributed by atoms with Crippen molar-refractivity contribution in [2.45, 2.75) is 20.0 Å². The van der Waals surface area contributed by atoms with Gasteiger partial charge in [-0.05, 0) is 42.3 Å². The number of rotatable bonds is 8. The molecule has 0 aliphatic rings. The molecule has 0 fully saturated rings. The van der Waals surface area contributed by atoms with Crippen LogP contribution in [0.5, 0.6) is 11.5 Å². The number of hydroxylamine groups is 2. The lowest BCUT2D eigenvalue weighted by atomic mass is 10.2. The Hall–Kier alpha value is -2.62. The summed E-state index contributed by atoms with van der Waals surface area (Å²) in [4.78, 5) is 5.80. The average molecular weight is 333 g/mol. The summed E-state index contributed by atoms with van der Waals surface area (Å²) < 4.78 is 5.92. The van der Waals surface area contributed by atoms with Gasteiger partial charge < -0.3 is 4.74 Å². The van der Waals surface area contributed by atoms with Gasteiger partial charge in [0.1, 0.15) is 11.5 Å². The lowest BCUT2D eigenvalue weighted by Gasteiger charge is -2.21. The summed E-state index contributed by atoms with van der Waals surface area (Å²) in [6.07, 6.45) is 0. The first-order valence-corrected chi connectivity index (χ1v) is 8.57. The molecule has 3 rings (SSSR count). The fourth-order valence-corrected chi connectivity index (χ4v) is 2.65. The van der Waals surface area contributed by atoms with Crippen molar-refractivity contribution in [2.24, 2.45) is 0 Å². The maximum Gasteiger partial charge on any atom is 0.127 e. The summed E-state index contributed by atoms with van der Waals surface area (Å²) in [6, 6.07) is 28.3. The highest BCUT2D eigenvalue weighted by molar-refractivity contribution is 5.33. The highest BCUT2D eigenvalue weighted by Crippen LogP contribution is 2.22. The molecule has 0 heterocycles. The Morgan fingerprint density at radius 3 is 2.00 bits per heavy atom. The number of ether oxygens (including phenoxy) is 1. The first-order valence-electron chi connectivity index (χ1n) is 8.57. The van der Waals surface area contributed by atoms with E-state index in [0.29, 0.717) is 13.2 Å². The van der Waals surface area contributed by atoms with Gasteiger partial charge in [0.05, 0.1) is 6.61 Å². The van der Waals surface area contributed by atoms with E-state index in [-0.39, 0.29) is 0 Å². The molecule has 25 heavy (non-hydrogen) atoms. The quantitative estimate of drug-likeness (QED) is 0.513. The van der Waals surface area contributed by atoms with E-state index in [0.717, 1.165) is 23.6 Å². The van der Waals surface area contributed by atoms with Crippen molar-refractivity contribution in [3.05, 3.63) is 96.1 Å². The minimum atomic E-state index is 0.646. The summed E-state index contributed by atoms with van der Waals surface area (Å²) in [5, 5.41) is 1.98. The van der Waals surface area contributed by atoms with Crippen LogP contribution in [0.1, 0.15) is 18.1 Å². The molecule has 0 atom stereocenters. The second-order valence-corrected chi connectivity index (χ2v) is 5.76. The average Bonchev–Trinajstić information content (AvgIpc) is 2.64. The second-order valence-electron chi connectivity index (χ2n) is 5.76. The Morgan fingerprint density at radius 1 is 0.680 bits per heavy atom. The molecular weight excluding hydrogens is 310 g/mol. The molecule has 0 radical (unpaired) electrons. The van der Waals surface area contributed by atoms with Crippen molar-refractivity contribution < 1.29 is 9.57 Å². The van der Waals surface area contributed by atoms with Crippen LogP contribution < -0.4 is 4.74 Å². The van der Waals surface area contributed by atoms with Gasteiger partial charge in [0.25, 0.3) is 0 Å². The Kier molecular flexibility index (Phi) is 6.21. The maximum absolute atomic E-state index is 5.92. The predicted molar refractivity (Wildman–Crippen MR) is 100 cm³/mol. The van der Waals surface area contributed by atoms with Crippen LogP contribution in [0.25, 0.3) is 0 Å². The summed E-state index contributed by atoms with van der Waals surface area (Å²) in [6.45, 7) is 4.10. The van der Waals surface area contributed by atoms with E-state index in [2.05, 4.69) is 24.3 Å². The molecule has 0 aromatic heterocycles. The van der Waals surface area contributed by atoms with Crippen molar-refractivity contribution in [2.75, 3.05) is 6.61 Å². The summed E-state index contributed by atoms with van der Waals surface area (Å²) in [5.41, 5.74) is 2.38. The molecule has 0 saturated carbocycles. The van der Waals surface area contributed by atoms with Crippen LogP contribution in [0.15, 0.2) is 84.9 Å². The molecule has 0 unspecified atom stereocenters. The van der Waals surface area contributed by atoms with E-state index in [9.17, 15) is 0 Å². The van der Waals surface area contributed by atoms with Crippen LogP contribution in [0, 0.1) is 0 Å². The van der Waals surface area contributed by atoms with Gasteiger partial charge in [-0.15, -0.1) is 0 Å².